The minimum Gasteiger partial charge on any atom is -0.247 e. The molecule has 0 fully saturated rings. The van der Waals surface area contributed by atoms with Gasteiger partial charge in [-0.25, -0.2) is 4.39 Å². The molecule has 0 aliphatic carbocycles. The number of halogens is 2. The summed E-state index contributed by atoms with van der Waals surface area (Å²) in [5, 5.41) is 0.671. The summed E-state index contributed by atoms with van der Waals surface area (Å²) in [6, 6.07) is 7.17. The predicted molar refractivity (Wildman–Crippen MR) is 53.5 cm³/mol. The molecule has 0 nitrogen and oxygen atoms in total. The number of alkyl halides is 1. The Labute approximate surface area is 83.0 Å². The third-order valence-corrected chi connectivity index (χ3v) is 2.01. The van der Waals surface area contributed by atoms with Crippen LogP contribution in [-0.4, -0.2) is 6.17 Å². The van der Waals surface area contributed by atoms with Crippen molar-refractivity contribution in [1.29, 1.82) is 0 Å². The van der Waals surface area contributed by atoms with Gasteiger partial charge in [-0.3, -0.25) is 0 Å². The number of benzene rings is 1. The molecule has 0 bridgehead atoms. The van der Waals surface area contributed by atoms with E-state index >= 15 is 0 Å². The molecule has 1 atom stereocenters. The van der Waals surface area contributed by atoms with Crippen molar-refractivity contribution in [2.45, 2.75) is 19.0 Å². The fourth-order valence-electron chi connectivity index (χ4n) is 1.11. The molecule has 0 aliphatic rings. The summed E-state index contributed by atoms with van der Waals surface area (Å²) in [7, 11) is 0. The lowest BCUT2D eigenvalue weighted by Crippen LogP contribution is -2.02. The second-order valence-corrected chi connectivity index (χ2v) is 3.34. The highest BCUT2D eigenvalue weighted by atomic mass is 35.5. The van der Waals surface area contributed by atoms with Crippen molar-refractivity contribution >= 4 is 11.6 Å². The van der Waals surface area contributed by atoms with Crippen LogP contribution < -0.4 is 0 Å². The zero-order valence-electron chi connectivity index (χ0n) is 7.21. The molecule has 1 aromatic carbocycles. The van der Waals surface area contributed by atoms with Crippen molar-refractivity contribution in [3.8, 4) is 0 Å². The monoisotopic (exact) mass is 197 g/mol. The number of rotatable bonds is 4. The van der Waals surface area contributed by atoms with Crippen LogP contribution in [0.1, 0.15) is 12.0 Å². The molecule has 13 heavy (non-hydrogen) atoms. The minimum atomic E-state index is -0.897. The van der Waals surface area contributed by atoms with Gasteiger partial charge in [0, 0.05) is 11.4 Å². The first kappa shape index (κ1) is 10.3. The van der Waals surface area contributed by atoms with E-state index in [1.54, 1.807) is 12.1 Å². The van der Waals surface area contributed by atoms with Gasteiger partial charge in [-0.2, -0.15) is 0 Å². The van der Waals surface area contributed by atoms with Crippen molar-refractivity contribution < 1.29 is 4.39 Å². The summed E-state index contributed by atoms with van der Waals surface area (Å²) in [6.45, 7) is 5.12. The van der Waals surface area contributed by atoms with E-state index in [-0.39, 0.29) is 0 Å². The average Bonchev–Trinajstić information content (AvgIpc) is 2.09. The van der Waals surface area contributed by atoms with Crippen LogP contribution in [0.4, 0.5) is 4.39 Å². The van der Waals surface area contributed by atoms with Crippen molar-refractivity contribution in [2.24, 2.45) is 0 Å². The zero-order valence-corrected chi connectivity index (χ0v) is 7.97. The predicted octanol–water partition coefficient (Wildman–Crippen LogP) is 3.60. The Kier molecular flexibility index (Phi) is 3.97. The first-order valence-electron chi connectivity index (χ1n) is 4.14. The van der Waals surface area contributed by atoms with Gasteiger partial charge in [0.15, 0.2) is 0 Å². The first-order valence-corrected chi connectivity index (χ1v) is 4.52. The van der Waals surface area contributed by atoms with Crippen molar-refractivity contribution in [3.63, 3.8) is 0 Å². The maximum absolute atomic E-state index is 13.0. The average molecular weight is 198 g/mol. The summed E-state index contributed by atoms with van der Waals surface area (Å²) < 4.78 is 13.0. The van der Waals surface area contributed by atoms with Gasteiger partial charge < -0.3 is 0 Å². The van der Waals surface area contributed by atoms with Crippen LogP contribution in [-0.2, 0) is 6.42 Å². The van der Waals surface area contributed by atoms with Gasteiger partial charge in [0.1, 0.15) is 6.17 Å². The van der Waals surface area contributed by atoms with Gasteiger partial charge in [0.05, 0.1) is 0 Å². The summed E-state index contributed by atoms with van der Waals surface area (Å²) >= 11 is 5.69. The van der Waals surface area contributed by atoms with E-state index in [0.29, 0.717) is 17.9 Å². The van der Waals surface area contributed by atoms with E-state index in [1.165, 1.54) is 6.08 Å². The molecule has 1 radical (unpaired) electrons. The van der Waals surface area contributed by atoms with Crippen LogP contribution >= 0.6 is 11.6 Å². The molecule has 0 aromatic heterocycles. The van der Waals surface area contributed by atoms with E-state index < -0.39 is 6.17 Å². The highest BCUT2D eigenvalue weighted by molar-refractivity contribution is 6.30. The Balaban J connectivity index is 2.53. The lowest BCUT2D eigenvalue weighted by Gasteiger charge is -2.04. The molecule has 2 heteroatoms. The smallest absolute Gasteiger partial charge is 0.108 e. The Morgan fingerprint density at radius 2 is 2.00 bits per heavy atom. The molecule has 0 N–H and O–H groups in total. The molecule has 0 heterocycles. The van der Waals surface area contributed by atoms with Crippen LogP contribution in [0.5, 0.6) is 0 Å². The van der Waals surface area contributed by atoms with Gasteiger partial charge in [0.25, 0.3) is 0 Å². The first-order chi connectivity index (χ1) is 6.22. The van der Waals surface area contributed by atoms with Gasteiger partial charge in [0.2, 0.25) is 0 Å². The normalized spacial score (nSPS) is 12.5. The van der Waals surface area contributed by atoms with Crippen molar-refractivity contribution in [2.75, 3.05) is 0 Å². The fraction of sp³-hybridized carbons (Fsp3) is 0.273. The molecular formula is C11H11ClF. The van der Waals surface area contributed by atoms with Gasteiger partial charge in [-0.1, -0.05) is 36.4 Å². The highest BCUT2D eigenvalue weighted by Gasteiger charge is 2.04. The number of allylic oxidation sites excluding steroid dienone is 1. The Bertz CT molecular complexity index is 266. The highest BCUT2D eigenvalue weighted by Crippen LogP contribution is 2.13. The molecular weight excluding hydrogens is 187 g/mol. The second-order valence-electron chi connectivity index (χ2n) is 2.90. The fourth-order valence-corrected chi connectivity index (χ4v) is 1.23. The third kappa shape index (κ3) is 3.60. The Hall–Kier alpha value is -0.820. The lowest BCUT2D eigenvalue weighted by atomic mass is 10.1. The Morgan fingerprint density at radius 1 is 1.38 bits per heavy atom. The SMILES string of the molecule is [CH]=CCC(F)Cc1ccc(Cl)cc1. The molecule has 0 saturated heterocycles. The second kappa shape index (κ2) is 5.03. The number of hydrogen-bond acceptors (Lipinski definition) is 0. The summed E-state index contributed by atoms with van der Waals surface area (Å²) in [6.07, 6.45) is 1.14. The molecule has 1 unspecified atom stereocenters. The summed E-state index contributed by atoms with van der Waals surface area (Å²) in [5.41, 5.74) is 0.943. The van der Waals surface area contributed by atoms with Gasteiger partial charge >= 0.3 is 0 Å². The zero-order chi connectivity index (χ0) is 9.68. The minimum absolute atomic E-state index is 0.294. The van der Waals surface area contributed by atoms with Crippen LogP contribution in [0.3, 0.4) is 0 Å². The summed E-state index contributed by atoms with van der Waals surface area (Å²) in [4.78, 5) is 0. The third-order valence-electron chi connectivity index (χ3n) is 1.76. The van der Waals surface area contributed by atoms with E-state index in [0.717, 1.165) is 5.56 Å². The molecule has 1 rings (SSSR count). The molecule has 0 aliphatic heterocycles. The topological polar surface area (TPSA) is 0 Å². The Morgan fingerprint density at radius 3 is 2.54 bits per heavy atom. The van der Waals surface area contributed by atoms with E-state index in [4.69, 9.17) is 18.2 Å². The lowest BCUT2D eigenvalue weighted by molar-refractivity contribution is 0.335. The van der Waals surface area contributed by atoms with Crippen LogP contribution in [0.15, 0.2) is 30.3 Å². The quantitative estimate of drug-likeness (QED) is 0.692. The largest absolute Gasteiger partial charge is 0.247 e. The van der Waals surface area contributed by atoms with Gasteiger partial charge in [-0.15, -0.1) is 0 Å². The molecule has 0 amide bonds. The molecule has 0 spiro atoms. The molecule has 0 saturated carbocycles. The maximum atomic E-state index is 13.0. The van der Waals surface area contributed by atoms with Crippen LogP contribution in [0.25, 0.3) is 0 Å². The number of hydrogen-bond donors (Lipinski definition) is 0. The van der Waals surface area contributed by atoms with Crippen LogP contribution in [0, 0.1) is 6.58 Å². The van der Waals surface area contributed by atoms with E-state index in [1.807, 2.05) is 12.1 Å². The standard InChI is InChI=1S/C11H11ClF/c1-2-3-11(13)8-9-4-6-10(12)7-5-9/h1-2,4-7,11H,3,8H2. The van der Waals surface area contributed by atoms with Crippen LogP contribution in [0.2, 0.25) is 5.02 Å². The summed E-state index contributed by atoms with van der Waals surface area (Å²) in [5.74, 6) is 0. The molecule has 69 valence electrons. The van der Waals surface area contributed by atoms with E-state index in [9.17, 15) is 4.39 Å². The van der Waals surface area contributed by atoms with Gasteiger partial charge in [-0.05, 0) is 24.1 Å². The van der Waals surface area contributed by atoms with Crippen molar-refractivity contribution in [1.82, 2.24) is 0 Å². The maximum Gasteiger partial charge on any atom is 0.108 e. The van der Waals surface area contributed by atoms with Crippen molar-refractivity contribution in [3.05, 3.63) is 47.5 Å². The van der Waals surface area contributed by atoms with E-state index in [2.05, 4.69) is 0 Å². The molecule has 1 aromatic rings.